The third-order valence-corrected chi connectivity index (χ3v) is 7.12. The molecule has 0 bridgehead atoms. The van der Waals surface area contributed by atoms with Gasteiger partial charge in [-0.05, 0) is 55.0 Å². The zero-order chi connectivity index (χ0) is 21.4. The van der Waals surface area contributed by atoms with E-state index >= 15 is 0 Å². The van der Waals surface area contributed by atoms with Crippen LogP contribution in [0.25, 0.3) is 11.0 Å². The number of carbonyl (C=O) groups is 1. The van der Waals surface area contributed by atoms with Gasteiger partial charge in [-0.1, -0.05) is 37.2 Å². The van der Waals surface area contributed by atoms with Crippen molar-refractivity contribution < 1.29 is 14.3 Å². The Labute approximate surface area is 184 Å². The largest absolute Gasteiger partial charge is 0.481 e. The highest BCUT2D eigenvalue weighted by Crippen LogP contribution is 2.47. The van der Waals surface area contributed by atoms with E-state index in [0.717, 1.165) is 52.3 Å². The second kappa shape index (κ2) is 8.60. The number of aliphatic carboxylic acids is 1. The van der Waals surface area contributed by atoms with Gasteiger partial charge in [-0.3, -0.25) is 4.79 Å². The molecule has 0 fully saturated rings. The van der Waals surface area contributed by atoms with E-state index in [9.17, 15) is 14.3 Å². The predicted octanol–water partition coefficient (Wildman–Crippen LogP) is 6.53. The predicted molar refractivity (Wildman–Crippen MR) is 118 cm³/mol. The number of pyridine rings is 1. The first-order valence-corrected chi connectivity index (χ1v) is 11.4. The number of nitrogens with zero attached hydrogens (tertiary/aromatic N) is 2. The van der Waals surface area contributed by atoms with Gasteiger partial charge in [0.25, 0.3) is 0 Å². The Hall–Kier alpha value is -2.05. The molecule has 1 aliphatic heterocycles. The minimum atomic E-state index is -0.801. The molecule has 30 heavy (non-hydrogen) atoms. The van der Waals surface area contributed by atoms with Gasteiger partial charge in [0.15, 0.2) is 0 Å². The summed E-state index contributed by atoms with van der Waals surface area (Å²) in [4.78, 5) is 18.0. The smallest absolute Gasteiger partial charge is 0.304 e. The van der Waals surface area contributed by atoms with Crippen molar-refractivity contribution >= 4 is 40.4 Å². The van der Waals surface area contributed by atoms with E-state index in [1.54, 1.807) is 6.07 Å². The van der Waals surface area contributed by atoms with Crippen LogP contribution in [0.3, 0.4) is 0 Å². The van der Waals surface area contributed by atoms with Gasteiger partial charge in [0.2, 0.25) is 0 Å². The van der Waals surface area contributed by atoms with E-state index < -0.39 is 5.97 Å². The highest BCUT2D eigenvalue weighted by Gasteiger charge is 2.31. The van der Waals surface area contributed by atoms with Gasteiger partial charge < -0.3 is 9.67 Å². The number of carboxylic acids is 1. The molecule has 1 aromatic carbocycles. The number of fused-ring (bicyclic) bond motifs is 3. The summed E-state index contributed by atoms with van der Waals surface area (Å²) < 4.78 is 15.8. The Kier molecular flexibility index (Phi) is 6.07. The van der Waals surface area contributed by atoms with E-state index in [1.807, 2.05) is 6.20 Å². The van der Waals surface area contributed by atoms with Crippen LogP contribution >= 0.6 is 23.4 Å². The Bertz CT molecular complexity index is 1110. The molecular formula is C23H24ClFN2O2S. The molecule has 0 spiro atoms. The molecule has 3 heterocycles. The molecule has 4 nitrogen and oxygen atoms in total. The minimum Gasteiger partial charge on any atom is -0.481 e. The SMILES string of the molecule is CC(C)Cc1ccnc2c1c(Sc1ccc(F)cc1Cl)c1n2CCCC1CC(=O)O. The van der Waals surface area contributed by atoms with E-state index in [4.69, 9.17) is 11.6 Å². The van der Waals surface area contributed by atoms with E-state index in [-0.39, 0.29) is 18.2 Å². The highest BCUT2D eigenvalue weighted by atomic mass is 35.5. The molecule has 7 heteroatoms. The Morgan fingerprint density at radius 2 is 2.20 bits per heavy atom. The zero-order valence-electron chi connectivity index (χ0n) is 17.0. The van der Waals surface area contributed by atoms with Crippen LogP contribution < -0.4 is 0 Å². The Morgan fingerprint density at radius 3 is 2.90 bits per heavy atom. The minimum absolute atomic E-state index is 0.0839. The van der Waals surface area contributed by atoms with Crippen LogP contribution in [0.5, 0.6) is 0 Å². The summed E-state index contributed by atoms with van der Waals surface area (Å²) in [5.41, 5.74) is 3.12. The van der Waals surface area contributed by atoms with Crippen molar-refractivity contribution in [2.75, 3.05) is 0 Å². The van der Waals surface area contributed by atoms with Crippen molar-refractivity contribution in [2.24, 2.45) is 5.92 Å². The van der Waals surface area contributed by atoms with Crippen LogP contribution in [0.1, 0.15) is 50.3 Å². The van der Waals surface area contributed by atoms with Crippen LogP contribution in [0.2, 0.25) is 5.02 Å². The van der Waals surface area contributed by atoms with Gasteiger partial charge in [-0.25, -0.2) is 9.37 Å². The van der Waals surface area contributed by atoms with Crippen LogP contribution in [0, 0.1) is 11.7 Å². The summed E-state index contributed by atoms with van der Waals surface area (Å²) in [7, 11) is 0. The number of aromatic nitrogens is 2. The first-order chi connectivity index (χ1) is 14.3. The molecule has 0 saturated heterocycles. The standard InChI is InChI=1S/C23H24ClFN2O2S/c1-13(2)10-14-7-8-26-23-20(14)22(30-18-6-5-16(25)12-17(18)24)21-15(11-19(28)29)4-3-9-27(21)23/h5-8,12-13,15H,3-4,9-11H2,1-2H3,(H,28,29). The maximum absolute atomic E-state index is 13.6. The maximum atomic E-state index is 13.6. The number of carboxylic acid groups (broad SMARTS) is 1. The molecule has 2 aromatic heterocycles. The summed E-state index contributed by atoms with van der Waals surface area (Å²) in [6, 6.07) is 6.46. The van der Waals surface area contributed by atoms with Crippen LogP contribution in [-0.4, -0.2) is 20.6 Å². The van der Waals surface area contributed by atoms with Crippen molar-refractivity contribution in [3.8, 4) is 0 Å². The fourth-order valence-corrected chi connectivity index (χ4v) is 5.86. The third kappa shape index (κ3) is 4.08. The van der Waals surface area contributed by atoms with Gasteiger partial charge in [0.1, 0.15) is 11.5 Å². The molecule has 0 saturated carbocycles. The molecule has 1 aliphatic rings. The van der Waals surface area contributed by atoms with Gasteiger partial charge in [-0.2, -0.15) is 0 Å². The second-order valence-corrected chi connectivity index (χ2v) is 9.71. The lowest BCUT2D eigenvalue weighted by molar-refractivity contribution is -0.137. The summed E-state index contributed by atoms with van der Waals surface area (Å²) in [6.07, 6.45) is 4.57. The number of benzene rings is 1. The molecular weight excluding hydrogens is 423 g/mol. The molecule has 3 aromatic rings. The van der Waals surface area contributed by atoms with Crippen LogP contribution in [0.4, 0.5) is 4.39 Å². The van der Waals surface area contributed by atoms with E-state index in [0.29, 0.717) is 10.9 Å². The van der Waals surface area contributed by atoms with Gasteiger partial charge in [0.05, 0.1) is 11.4 Å². The van der Waals surface area contributed by atoms with Crippen LogP contribution in [0.15, 0.2) is 40.3 Å². The van der Waals surface area contributed by atoms with Gasteiger partial charge in [0, 0.05) is 39.5 Å². The normalized spacial score (nSPS) is 16.2. The molecule has 1 N–H and O–H groups in total. The second-order valence-electron chi connectivity index (χ2n) is 8.25. The van der Waals surface area contributed by atoms with E-state index in [1.165, 1.54) is 29.5 Å². The molecule has 0 aliphatic carbocycles. The lowest BCUT2D eigenvalue weighted by Gasteiger charge is -2.25. The fourth-order valence-electron chi connectivity index (χ4n) is 4.36. The molecule has 4 rings (SSSR count). The molecule has 1 atom stereocenters. The van der Waals surface area contributed by atoms with Crippen molar-refractivity contribution in [1.29, 1.82) is 0 Å². The van der Waals surface area contributed by atoms with Gasteiger partial charge in [-0.15, -0.1) is 0 Å². The average Bonchev–Trinajstić information content (AvgIpc) is 2.99. The number of aryl methyl sites for hydroxylation is 1. The summed E-state index contributed by atoms with van der Waals surface area (Å²) >= 11 is 7.84. The van der Waals surface area contributed by atoms with Crippen molar-refractivity contribution in [1.82, 2.24) is 9.55 Å². The first-order valence-electron chi connectivity index (χ1n) is 10.2. The monoisotopic (exact) mass is 446 g/mol. The van der Waals surface area contributed by atoms with Crippen molar-refractivity contribution in [3.63, 3.8) is 0 Å². The summed E-state index contributed by atoms with van der Waals surface area (Å²) in [5.74, 6) is -0.794. The zero-order valence-corrected chi connectivity index (χ0v) is 18.6. The number of halogens is 2. The van der Waals surface area contributed by atoms with Crippen molar-refractivity contribution in [3.05, 3.63) is 52.6 Å². The fraction of sp³-hybridized carbons (Fsp3) is 0.391. The van der Waals surface area contributed by atoms with Gasteiger partial charge >= 0.3 is 5.97 Å². The number of hydrogen-bond donors (Lipinski definition) is 1. The molecule has 0 amide bonds. The molecule has 158 valence electrons. The maximum Gasteiger partial charge on any atom is 0.304 e. The Morgan fingerprint density at radius 1 is 1.40 bits per heavy atom. The highest BCUT2D eigenvalue weighted by molar-refractivity contribution is 7.99. The lowest BCUT2D eigenvalue weighted by Crippen LogP contribution is -2.18. The van der Waals surface area contributed by atoms with E-state index in [2.05, 4.69) is 29.5 Å². The van der Waals surface area contributed by atoms with Crippen LogP contribution in [-0.2, 0) is 17.8 Å². The summed E-state index contributed by atoms with van der Waals surface area (Å²) in [6.45, 7) is 5.18. The first kappa shape index (κ1) is 21.2. The third-order valence-electron chi connectivity index (χ3n) is 5.50. The topological polar surface area (TPSA) is 55.1 Å². The number of rotatable bonds is 6. The Balaban J connectivity index is 1.95. The molecule has 0 radical (unpaired) electrons. The average molecular weight is 447 g/mol. The van der Waals surface area contributed by atoms with Crippen molar-refractivity contribution in [2.45, 2.75) is 61.8 Å². The quantitative estimate of drug-likeness (QED) is 0.467. The number of hydrogen-bond acceptors (Lipinski definition) is 3. The summed E-state index contributed by atoms with van der Waals surface area (Å²) in [5, 5.41) is 10.9. The lowest BCUT2D eigenvalue weighted by atomic mass is 9.92. The molecule has 1 unspecified atom stereocenters.